The minimum absolute atomic E-state index is 0.158. The lowest BCUT2D eigenvalue weighted by molar-refractivity contribution is 0.0691. The van der Waals surface area contributed by atoms with Crippen LogP contribution in [0.1, 0.15) is 41.6 Å². The summed E-state index contributed by atoms with van der Waals surface area (Å²) in [6, 6.07) is 9.70. The summed E-state index contributed by atoms with van der Waals surface area (Å²) in [6.07, 6.45) is 4.48. The van der Waals surface area contributed by atoms with Crippen LogP contribution in [0.15, 0.2) is 49.9 Å². The van der Waals surface area contributed by atoms with Crippen LogP contribution in [0.5, 0.6) is 5.75 Å². The van der Waals surface area contributed by atoms with Gasteiger partial charge in [0.05, 0.1) is 16.6 Å². The van der Waals surface area contributed by atoms with E-state index in [1.54, 1.807) is 12.1 Å². The Kier molecular flexibility index (Phi) is 9.32. The number of aromatic carboxylic acids is 1. The molecule has 35 heavy (non-hydrogen) atoms. The number of piperidine rings is 1. The van der Waals surface area contributed by atoms with Gasteiger partial charge in [-0.05, 0) is 110 Å². The van der Waals surface area contributed by atoms with Crippen LogP contribution in [0.25, 0.3) is 10.9 Å². The van der Waals surface area contributed by atoms with Crippen LogP contribution in [-0.4, -0.2) is 60.0 Å². The Balaban J connectivity index is 1.38. The van der Waals surface area contributed by atoms with E-state index in [1.807, 2.05) is 6.92 Å². The first kappa shape index (κ1) is 26.7. The maximum atomic E-state index is 11.6. The van der Waals surface area contributed by atoms with E-state index < -0.39 is 5.97 Å². The highest BCUT2D eigenvalue weighted by Crippen LogP contribution is 2.38. The van der Waals surface area contributed by atoms with Crippen molar-refractivity contribution in [2.45, 2.75) is 32.2 Å². The highest BCUT2D eigenvalue weighted by molar-refractivity contribution is 9.13. The number of carboxylic acids is 1. The number of fused-ring (bicyclic) bond motifs is 1. The average Bonchev–Trinajstić information content (AvgIpc) is 3.22. The number of likely N-dealkylation sites (tertiary alicyclic amines) is 1. The first-order chi connectivity index (χ1) is 16.9. The molecule has 1 aliphatic rings. The highest BCUT2D eigenvalue weighted by Gasteiger charge is 2.25. The number of hydrogen-bond acceptors (Lipinski definition) is 4. The third-order valence-electron chi connectivity index (χ3n) is 6.52. The van der Waals surface area contributed by atoms with Crippen molar-refractivity contribution < 1.29 is 19.4 Å². The van der Waals surface area contributed by atoms with Gasteiger partial charge in [0, 0.05) is 40.2 Å². The minimum Gasteiger partial charge on any atom is -0.490 e. The number of hydrogen-bond donors (Lipinski definition) is 1. The van der Waals surface area contributed by atoms with Gasteiger partial charge < -0.3 is 19.1 Å². The van der Waals surface area contributed by atoms with Crippen molar-refractivity contribution in [3.63, 3.8) is 0 Å². The lowest BCUT2D eigenvalue weighted by atomic mass is 9.89. The first-order valence-electron chi connectivity index (χ1n) is 11.8. The molecule has 0 amide bonds. The zero-order valence-electron chi connectivity index (χ0n) is 19.6. The van der Waals surface area contributed by atoms with E-state index in [-0.39, 0.29) is 5.56 Å². The van der Waals surface area contributed by atoms with Crippen molar-refractivity contribution in [3.8, 4) is 5.75 Å². The second-order valence-electron chi connectivity index (χ2n) is 8.62. The molecule has 0 unspecified atom stereocenters. The van der Waals surface area contributed by atoms with Crippen molar-refractivity contribution >= 4 is 64.7 Å². The fraction of sp³-hybridized carbons (Fsp3) is 0.423. The van der Waals surface area contributed by atoms with Gasteiger partial charge in [-0.1, -0.05) is 12.1 Å². The quantitative estimate of drug-likeness (QED) is 0.237. The Hall–Kier alpha value is -1.39. The maximum absolute atomic E-state index is 11.6. The minimum atomic E-state index is -0.999. The number of ether oxygens (including phenoxy) is 2. The Bertz CT molecular complexity index is 1190. The number of carbonyl (C=O) groups is 1. The molecule has 2 heterocycles. The van der Waals surface area contributed by atoms with Gasteiger partial charge in [0.1, 0.15) is 17.9 Å². The zero-order valence-corrected chi connectivity index (χ0v) is 24.4. The van der Waals surface area contributed by atoms with Gasteiger partial charge in [-0.2, -0.15) is 0 Å². The summed E-state index contributed by atoms with van der Waals surface area (Å²) >= 11 is 10.6. The molecule has 1 aromatic heterocycles. The third kappa shape index (κ3) is 6.13. The summed E-state index contributed by atoms with van der Waals surface area (Å²) in [6.45, 7) is 7.46. The van der Waals surface area contributed by atoms with E-state index in [9.17, 15) is 9.90 Å². The van der Waals surface area contributed by atoms with Crippen molar-refractivity contribution in [2.75, 3.05) is 39.5 Å². The second kappa shape index (κ2) is 12.2. The number of halogens is 3. The van der Waals surface area contributed by atoms with Crippen LogP contribution in [0.3, 0.4) is 0 Å². The second-order valence-corrected chi connectivity index (χ2v) is 11.1. The number of rotatable bonds is 10. The Morgan fingerprint density at radius 2 is 1.83 bits per heavy atom. The molecule has 0 spiro atoms. The maximum Gasteiger partial charge on any atom is 0.339 e. The summed E-state index contributed by atoms with van der Waals surface area (Å²) < 4.78 is 16.4. The molecular weight excluding hydrogens is 644 g/mol. The van der Waals surface area contributed by atoms with Crippen LogP contribution in [-0.2, 0) is 11.3 Å². The third-order valence-corrected chi connectivity index (χ3v) is 9.14. The molecule has 1 fully saturated rings. The molecule has 9 heteroatoms. The van der Waals surface area contributed by atoms with E-state index in [1.165, 1.54) is 16.5 Å². The van der Waals surface area contributed by atoms with Crippen LogP contribution >= 0.6 is 47.8 Å². The predicted molar refractivity (Wildman–Crippen MR) is 149 cm³/mol. The molecule has 1 N–H and O–H groups in total. The molecule has 1 aliphatic heterocycles. The number of nitrogens with zero attached hydrogens (tertiary/aromatic N) is 2. The van der Waals surface area contributed by atoms with Gasteiger partial charge in [-0.3, -0.25) is 4.90 Å². The van der Waals surface area contributed by atoms with Gasteiger partial charge in [0.2, 0.25) is 0 Å². The molecule has 1 saturated heterocycles. The molecular formula is C26H29Br3N2O4. The van der Waals surface area contributed by atoms with Crippen molar-refractivity contribution in [2.24, 2.45) is 0 Å². The van der Waals surface area contributed by atoms with Gasteiger partial charge in [-0.25, -0.2) is 4.79 Å². The van der Waals surface area contributed by atoms with Crippen molar-refractivity contribution in [1.82, 2.24) is 9.47 Å². The van der Waals surface area contributed by atoms with E-state index in [2.05, 4.69) is 81.7 Å². The standard InChI is InChI=1S/C26H29Br3N2O4/c1-2-34-14-13-31-16-20(18-4-3-5-22(28)24(18)31)17-8-10-30(11-9-17)12-15-35-25-19(26(32)33)6-7-21(27)23(25)29/h3-7,16-17H,2,8-15H2,1H3,(H,32,33). The Morgan fingerprint density at radius 1 is 1.06 bits per heavy atom. The lowest BCUT2D eigenvalue weighted by Crippen LogP contribution is -2.36. The van der Waals surface area contributed by atoms with Crippen LogP contribution < -0.4 is 4.74 Å². The van der Waals surface area contributed by atoms with Crippen molar-refractivity contribution in [1.29, 1.82) is 0 Å². The molecule has 3 aromatic rings. The number of carboxylic acid groups (broad SMARTS) is 1. The topological polar surface area (TPSA) is 63.9 Å². The van der Waals surface area contributed by atoms with Crippen LogP contribution in [0.2, 0.25) is 0 Å². The molecule has 0 atom stereocenters. The largest absolute Gasteiger partial charge is 0.490 e. The molecule has 0 radical (unpaired) electrons. The van der Waals surface area contributed by atoms with Crippen LogP contribution in [0.4, 0.5) is 0 Å². The molecule has 0 saturated carbocycles. The Labute approximate surface area is 231 Å². The molecule has 188 valence electrons. The van der Waals surface area contributed by atoms with E-state index in [0.717, 1.165) is 54.6 Å². The van der Waals surface area contributed by atoms with Crippen molar-refractivity contribution in [3.05, 3.63) is 61.1 Å². The monoisotopic (exact) mass is 670 g/mol. The molecule has 4 rings (SSSR count). The van der Waals surface area contributed by atoms with Crippen LogP contribution in [0, 0.1) is 0 Å². The SMILES string of the molecule is CCOCCn1cc(C2CCN(CCOc3c(C(=O)O)ccc(Br)c3Br)CC2)c2cccc(Br)c21. The fourth-order valence-electron chi connectivity index (χ4n) is 4.74. The molecule has 0 aliphatic carbocycles. The van der Waals surface area contributed by atoms with Gasteiger partial charge in [0.15, 0.2) is 0 Å². The summed E-state index contributed by atoms with van der Waals surface area (Å²) in [7, 11) is 0. The number of aromatic nitrogens is 1. The van der Waals surface area contributed by atoms with Gasteiger partial charge in [-0.15, -0.1) is 0 Å². The first-order valence-corrected chi connectivity index (χ1v) is 14.2. The zero-order chi connectivity index (χ0) is 24.9. The normalized spacial score (nSPS) is 15.1. The predicted octanol–water partition coefficient (Wildman–Crippen LogP) is 6.92. The summed E-state index contributed by atoms with van der Waals surface area (Å²) in [4.78, 5) is 14.0. The van der Waals surface area contributed by atoms with Gasteiger partial charge in [0.25, 0.3) is 0 Å². The fourth-order valence-corrected chi connectivity index (χ4v) is 6.10. The lowest BCUT2D eigenvalue weighted by Gasteiger charge is -2.32. The average molecular weight is 673 g/mol. The summed E-state index contributed by atoms with van der Waals surface area (Å²) in [5, 5.41) is 10.8. The molecule has 2 aromatic carbocycles. The number of benzene rings is 2. The summed E-state index contributed by atoms with van der Waals surface area (Å²) in [5.74, 6) is -0.122. The van der Waals surface area contributed by atoms with E-state index in [4.69, 9.17) is 9.47 Å². The van der Waals surface area contributed by atoms with E-state index in [0.29, 0.717) is 29.4 Å². The highest BCUT2D eigenvalue weighted by atomic mass is 79.9. The smallest absolute Gasteiger partial charge is 0.339 e. The summed E-state index contributed by atoms with van der Waals surface area (Å²) in [5.41, 5.74) is 2.82. The Morgan fingerprint density at radius 3 is 2.54 bits per heavy atom. The molecule has 6 nitrogen and oxygen atoms in total. The van der Waals surface area contributed by atoms with E-state index >= 15 is 0 Å². The number of para-hydroxylation sites is 1. The van der Waals surface area contributed by atoms with Gasteiger partial charge >= 0.3 is 5.97 Å². The molecule has 0 bridgehead atoms.